The predicted molar refractivity (Wildman–Crippen MR) is 107 cm³/mol. The summed E-state index contributed by atoms with van der Waals surface area (Å²) in [6, 6.07) is 10.8. The standard InChI is InChI=1S/C22H20F3N3O4/c1-3-31-19(29)13-28(12-15-4-10-18(11-5-15)22(23,24)25)21(30)17-8-6-16(7-9-17)20-26-14(2)27-32-20/h4-11H,3,12-13H2,1-2H3. The Kier molecular flexibility index (Phi) is 6.92. The third-order valence-corrected chi connectivity index (χ3v) is 4.47. The monoisotopic (exact) mass is 447 g/mol. The van der Waals surface area contributed by atoms with Crippen LogP contribution in [-0.2, 0) is 22.3 Å². The van der Waals surface area contributed by atoms with E-state index in [-0.39, 0.29) is 25.3 Å². The van der Waals surface area contributed by atoms with Crippen LogP contribution in [0.5, 0.6) is 0 Å². The molecule has 32 heavy (non-hydrogen) atoms. The molecule has 1 amide bonds. The molecule has 0 fully saturated rings. The van der Waals surface area contributed by atoms with Crippen LogP contribution in [0.15, 0.2) is 53.1 Å². The second-order valence-corrected chi connectivity index (χ2v) is 6.89. The van der Waals surface area contributed by atoms with Crippen LogP contribution in [0, 0.1) is 6.92 Å². The number of carbonyl (C=O) groups excluding carboxylic acids is 2. The Morgan fingerprint density at radius 3 is 2.25 bits per heavy atom. The molecule has 7 nitrogen and oxygen atoms in total. The molecule has 3 aromatic rings. The molecule has 0 N–H and O–H groups in total. The van der Waals surface area contributed by atoms with Crippen LogP contribution >= 0.6 is 0 Å². The zero-order chi connectivity index (χ0) is 23.3. The Morgan fingerprint density at radius 2 is 1.72 bits per heavy atom. The minimum atomic E-state index is -4.46. The van der Waals surface area contributed by atoms with Gasteiger partial charge in [0.2, 0.25) is 0 Å². The minimum absolute atomic E-state index is 0.0691. The quantitative estimate of drug-likeness (QED) is 0.503. The molecule has 168 valence electrons. The summed E-state index contributed by atoms with van der Waals surface area (Å²) in [5, 5.41) is 3.71. The molecule has 2 aromatic carbocycles. The van der Waals surface area contributed by atoms with Gasteiger partial charge in [-0.15, -0.1) is 0 Å². The van der Waals surface area contributed by atoms with E-state index in [2.05, 4.69) is 10.1 Å². The van der Waals surface area contributed by atoms with Crippen LogP contribution < -0.4 is 0 Å². The van der Waals surface area contributed by atoms with E-state index >= 15 is 0 Å². The Hall–Kier alpha value is -3.69. The van der Waals surface area contributed by atoms with Gasteiger partial charge in [0, 0.05) is 17.7 Å². The van der Waals surface area contributed by atoms with Gasteiger partial charge in [-0.1, -0.05) is 17.3 Å². The van der Waals surface area contributed by atoms with Crippen LogP contribution in [-0.4, -0.2) is 40.1 Å². The summed E-state index contributed by atoms with van der Waals surface area (Å²) in [4.78, 5) is 30.4. The number of aryl methyl sites for hydroxylation is 1. The van der Waals surface area contributed by atoms with Gasteiger partial charge in [-0.3, -0.25) is 9.59 Å². The van der Waals surface area contributed by atoms with E-state index < -0.39 is 23.6 Å². The Bertz CT molecular complexity index is 1080. The Labute approximate surface area is 181 Å². The summed E-state index contributed by atoms with van der Waals surface area (Å²) >= 11 is 0. The number of amides is 1. The van der Waals surface area contributed by atoms with Crippen molar-refractivity contribution in [1.82, 2.24) is 15.0 Å². The molecule has 0 aliphatic carbocycles. The van der Waals surface area contributed by atoms with E-state index in [1.807, 2.05) is 0 Å². The van der Waals surface area contributed by atoms with Crippen LogP contribution in [0.4, 0.5) is 13.2 Å². The fourth-order valence-corrected chi connectivity index (χ4v) is 2.93. The maximum absolute atomic E-state index is 13.1. The molecule has 0 radical (unpaired) electrons. The molecule has 0 spiro atoms. The number of hydrogen-bond donors (Lipinski definition) is 0. The average Bonchev–Trinajstić information content (AvgIpc) is 3.19. The van der Waals surface area contributed by atoms with Crippen LogP contribution in [0.1, 0.15) is 34.2 Å². The third-order valence-electron chi connectivity index (χ3n) is 4.47. The number of esters is 1. The first kappa shape index (κ1) is 23.0. The highest BCUT2D eigenvalue weighted by Gasteiger charge is 2.30. The van der Waals surface area contributed by atoms with Crippen molar-refractivity contribution in [2.45, 2.75) is 26.6 Å². The third kappa shape index (κ3) is 5.71. The van der Waals surface area contributed by atoms with Gasteiger partial charge in [0.25, 0.3) is 11.8 Å². The number of aromatic nitrogens is 2. The van der Waals surface area contributed by atoms with Gasteiger partial charge < -0.3 is 14.2 Å². The van der Waals surface area contributed by atoms with Crippen molar-refractivity contribution in [1.29, 1.82) is 0 Å². The lowest BCUT2D eigenvalue weighted by Crippen LogP contribution is -2.36. The van der Waals surface area contributed by atoms with Crippen molar-refractivity contribution in [2.24, 2.45) is 0 Å². The van der Waals surface area contributed by atoms with Crippen molar-refractivity contribution in [3.8, 4) is 11.5 Å². The van der Waals surface area contributed by atoms with Crippen LogP contribution in [0.3, 0.4) is 0 Å². The number of alkyl halides is 3. The highest BCUT2D eigenvalue weighted by molar-refractivity contribution is 5.96. The lowest BCUT2D eigenvalue weighted by atomic mass is 10.1. The van der Waals surface area contributed by atoms with Gasteiger partial charge in [0.1, 0.15) is 6.54 Å². The van der Waals surface area contributed by atoms with Crippen molar-refractivity contribution >= 4 is 11.9 Å². The summed E-state index contributed by atoms with van der Waals surface area (Å²) in [6.45, 7) is 3.04. The smallest absolute Gasteiger partial charge is 0.416 e. The molecule has 1 heterocycles. The molecule has 3 rings (SSSR count). The zero-order valence-corrected chi connectivity index (χ0v) is 17.3. The molecule has 1 aromatic heterocycles. The minimum Gasteiger partial charge on any atom is -0.465 e. The van der Waals surface area contributed by atoms with Crippen molar-refractivity contribution in [2.75, 3.05) is 13.2 Å². The molecule has 0 unspecified atom stereocenters. The van der Waals surface area contributed by atoms with Gasteiger partial charge in [-0.05, 0) is 55.8 Å². The highest BCUT2D eigenvalue weighted by Crippen LogP contribution is 2.29. The van der Waals surface area contributed by atoms with Crippen molar-refractivity contribution in [3.63, 3.8) is 0 Å². The van der Waals surface area contributed by atoms with Gasteiger partial charge in [0.05, 0.1) is 12.2 Å². The normalized spacial score (nSPS) is 11.3. The largest absolute Gasteiger partial charge is 0.465 e. The van der Waals surface area contributed by atoms with Gasteiger partial charge in [0.15, 0.2) is 5.82 Å². The van der Waals surface area contributed by atoms with E-state index in [1.165, 1.54) is 17.0 Å². The van der Waals surface area contributed by atoms with Crippen molar-refractivity contribution < 1.29 is 32.0 Å². The topological polar surface area (TPSA) is 85.5 Å². The number of nitrogens with zero attached hydrogens (tertiary/aromatic N) is 3. The molecule has 0 aliphatic rings. The van der Waals surface area contributed by atoms with Crippen LogP contribution in [0.25, 0.3) is 11.5 Å². The SMILES string of the molecule is CCOC(=O)CN(Cc1ccc(C(F)(F)F)cc1)C(=O)c1ccc(-c2nc(C)no2)cc1. The lowest BCUT2D eigenvalue weighted by molar-refractivity contribution is -0.144. The average molecular weight is 447 g/mol. The molecule has 0 bridgehead atoms. The zero-order valence-electron chi connectivity index (χ0n) is 17.3. The van der Waals surface area contributed by atoms with E-state index in [0.29, 0.717) is 22.8 Å². The summed E-state index contributed by atoms with van der Waals surface area (Å²) in [7, 11) is 0. The molecular weight excluding hydrogens is 427 g/mol. The molecule has 0 saturated heterocycles. The summed E-state index contributed by atoms with van der Waals surface area (Å²) in [6.07, 6.45) is -4.46. The van der Waals surface area contributed by atoms with Gasteiger partial charge in [-0.25, -0.2) is 0 Å². The summed E-state index contributed by atoms with van der Waals surface area (Å²) in [5.41, 5.74) is 0.535. The second-order valence-electron chi connectivity index (χ2n) is 6.89. The fraction of sp³-hybridized carbons (Fsp3) is 0.273. The van der Waals surface area contributed by atoms with Crippen molar-refractivity contribution in [3.05, 3.63) is 71.0 Å². The highest BCUT2D eigenvalue weighted by atomic mass is 19.4. The Morgan fingerprint density at radius 1 is 1.06 bits per heavy atom. The number of carbonyl (C=O) groups is 2. The number of rotatable bonds is 7. The van der Waals surface area contributed by atoms with Gasteiger partial charge >= 0.3 is 12.1 Å². The fourth-order valence-electron chi connectivity index (χ4n) is 2.93. The number of ether oxygens (including phenoxy) is 1. The predicted octanol–water partition coefficient (Wildman–Crippen LogP) is 4.27. The summed E-state index contributed by atoms with van der Waals surface area (Å²) < 4.78 is 48.4. The van der Waals surface area contributed by atoms with E-state index in [9.17, 15) is 22.8 Å². The Balaban J connectivity index is 1.81. The van der Waals surface area contributed by atoms with E-state index in [0.717, 1.165) is 12.1 Å². The van der Waals surface area contributed by atoms with Gasteiger partial charge in [-0.2, -0.15) is 18.2 Å². The second kappa shape index (κ2) is 9.63. The summed E-state index contributed by atoms with van der Waals surface area (Å²) in [5.74, 6) is -0.330. The first-order chi connectivity index (χ1) is 15.2. The van der Waals surface area contributed by atoms with E-state index in [1.54, 1.807) is 38.1 Å². The molecule has 0 aliphatic heterocycles. The van der Waals surface area contributed by atoms with E-state index in [4.69, 9.17) is 9.26 Å². The maximum Gasteiger partial charge on any atom is 0.416 e. The number of benzene rings is 2. The first-order valence-electron chi connectivity index (χ1n) is 9.69. The molecule has 0 saturated carbocycles. The number of halogens is 3. The molecule has 10 heteroatoms. The molecular formula is C22H20F3N3O4. The number of hydrogen-bond acceptors (Lipinski definition) is 6. The lowest BCUT2D eigenvalue weighted by Gasteiger charge is -2.22. The van der Waals surface area contributed by atoms with Crippen LogP contribution in [0.2, 0.25) is 0 Å². The first-order valence-corrected chi connectivity index (χ1v) is 9.69. The molecule has 0 atom stereocenters. The maximum atomic E-state index is 13.1.